The lowest BCUT2D eigenvalue weighted by Gasteiger charge is -2.07. The summed E-state index contributed by atoms with van der Waals surface area (Å²) in [5, 5.41) is 12.0. The van der Waals surface area contributed by atoms with Gasteiger partial charge >= 0.3 is 0 Å². The lowest BCUT2D eigenvalue weighted by Crippen LogP contribution is -2.01. The van der Waals surface area contributed by atoms with Gasteiger partial charge in [-0.25, -0.2) is 0 Å². The lowest BCUT2D eigenvalue weighted by molar-refractivity contribution is 0.790. The smallest absolute Gasteiger partial charge is 0.187 e. The van der Waals surface area contributed by atoms with E-state index < -0.39 is 0 Å². The third kappa shape index (κ3) is 2.98. The van der Waals surface area contributed by atoms with Gasteiger partial charge in [-0.05, 0) is 59.3 Å². The summed E-state index contributed by atoms with van der Waals surface area (Å²) < 4.78 is 3.56. The molecule has 0 bridgehead atoms. The lowest BCUT2D eigenvalue weighted by atomic mass is 10.2. The maximum absolute atomic E-state index is 5.89. The first-order chi connectivity index (χ1) is 10.0. The number of hydrogen-bond acceptors (Lipinski definition) is 4. The number of nitrogens with two attached hydrogens (primary N) is 1. The molecule has 0 aliphatic carbocycles. The number of halogens is 2. The second kappa shape index (κ2) is 5.57. The van der Waals surface area contributed by atoms with Crippen molar-refractivity contribution in [3.05, 3.63) is 50.9 Å². The molecule has 0 saturated heterocycles. The van der Waals surface area contributed by atoms with E-state index in [1.165, 1.54) is 0 Å². The molecular formula is C14H11Br2N5. The fourth-order valence-electron chi connectivity index (χ4n) is 2.12. The molecule has 2 N–H and O–H groups in total. The van der Waals surface area contributed by atoms with Crippen LogP contribution in [0.25, 0.3) is 17.1 Å². The number of aryl methyl sites for hydroxylation is 1. The molecular weight excluding hydrogens is 398 g/mol. The van der Waals surface area contributed by atoms with E-state index in [0.29, 0.717) is 11.5 Å². The van der Waals surface area contributed by atoms with Crippen LogP contribution in [0.1, 0.15) is 5.56 Å². The molecule has 1 heterocycles. The summed E-state index contributed by atoms with van der Waals surface area (Å²) in [5.74, 6) is 0.639. The molecule has 0 saturated carbocycles. The van der Waals surface area contributed by atoms with Crippen LogP contribution in [0.4, 0.5) is 5.69 Å². The van der Waals surface area contributed by atoms with Crippen molar-refractivity contribution < 1.29 is 0 Å². The van der Waals surface area contributed by atoms with Crippen molar-refractivity contribution in [2.75, 3.05) is 5.73 Å². The van der Waals surface area contributed by atoms with Gasteiger partial charge in [0.25, 0.3) is 0 Å². The summed E-state index contributed by atoms with van der Waals surface area (Å²) in [6.07, 6.45) is 0. The van der Waals surface area contributed by atoms with E-state index in [1.807, 2.05) is 43.3 Å². The van der Waals surface area contributed by atoms with E-state index >= 15 is 0 Å². The van der Waals surface area contributed by atoms with E-state index in [2.05, 4.69) is 47.4 Å². The maximum Gasteiger partial charge on any atom is 0.187 e. The highest BCUT2D eigenvalue weighted by Gasteiger charge is 2.12. The quantitative estimate of drug-likeness (QED) is 0.655. The van der Waals surface area contributed by atoms with Gasteiger partial charge < -0.3 is 5.73 Å². The van der Waals surface area contributed by atoms with Crippen LogP contribution >= 0.6 is 31.9 Å². The highest BCUT2D eigenvalue weighted by atomic mass is 79.9. The molecule has 0 aliphatic heterocycles. The van der Waals surface area contributed by atoms with Crippen LogP contribution in [0.3, 0.4) is 0 Å². The molecule has 0 spiro atoms. The molecule has 3 rings (SSSR count). The maximum atomic E-state index is 5.89. The number of anilines is 1. The molecule has 0 atom stereocenters. The predicted octanol–water partition coefficient (Wildman–Crippen LogP) is 3.74. The van der Waals surface area contributed by atoms with Crippen molar-refractivity contribution in [2.45, 2.75) is 6.92 Å². The second-order valence-corrected chi connectivity index (χ2v) is 6.51. The Labute approximate surface area is 138 Å². The molecule has 2 aromatic carbocycles. The molecule has 0 radical (unpaired) electrons. The summed E-state index contributed by atoms with van der Waals surface area (Å²) in [4.78, 5) is 0. The first-order valence-electron chi connectivity index (χ1n) is 6.15. The molecule has 0 aliphatic rings. The number of hydrogen-bond donors (Lipinski definition) is 1. The van der Waals surface area contributed by atoms with E-state index in [9.17, 15) is 0 Å². The summed E-state index contributed by atoms with van der Waals surface area (Å²) in [7, 11) is 0. The zero-order valence-electron chi connectivity index (χ0n) is 11.1. The first kappa shape index (κ1) is 14.2. The van der Waals surface area contributed by atoms with Gasteiger partial charge in [0.05, 0.1) is 5.69 Å². The van der Waals surface area contributed by atoms with Crippen molar-refractivity contribution in [2.24, 2.45) is 0 Å². The minimum absolute atomic E-state index is 0.639. The third-order valence-corrected chi connectivity index (χ3v) is 3.83. The zero-order chi connectivity index (χ0) is 15.0. The Balaban J connectivity index is 2.16. The topological polar surface area (TPSA) is 69.6 Å². The fourth-order valence-corrected chi connectivity index (χ4v) is 3.23. The summed E-state index contributed by atoms with van der Waals surface area (Å²) >= 11 is 6.93. The van der Waals surface area contributed by atoms with Crippen molar-refractivity contribution in [3.8, 4) is 17.1 Å². The summed E-state index contributed by atoms with van der Waals surface area (Å²) in [6.45, 7) is 2.02. The van der Waals surface area contributed by atoms with Crippen LogP contribution in [0.15, 0.2) is 45.3 Å². The molecule has 5 nitrogen and oxygen atoms in total. The van der Waals surface area contributed by atoms with Crippen LogP contribution in [0, 0.1) is 6.92 Å². The van der Waals surface area contributed by atoms with Gasteiger partial charge in [-0.15, -0.1) is 5.10 Å². The highest BCUT2D eigenvalue weighted by Crippen LogP contribution is 2.27. The minimum atomic E-state index is 0.639. The molecule has 0 amide bonds. The molecule has 7 heteroatoms. The molecule has 106 valence electrons. The average Bonchev–Trinajstić information content (AvgIpc) is 2.85. The average molecular weight is 409 g/mol. The number of tetrazole rings is 1. The normalized spacial score (nSPS) is 10.8. The highest BCUT2D eigenvalue weighted by molar-refractivity contribution is 9.10. The summed E-state index contributed by atoms with van der Waals surface area (Å²) in [5.41, 5.74) is 9.40. The minimum Gasteiger partial charge on any atom is -0.399 e. The number of rotatable bonds is 2. The monoisotopic (exact) mass is 407 g/mol. The van der Waals surface area contributed by atoms with E-state index in [-0.39, 0.29) is 0 Å². The van der Waals surface area contributed by atoms with Crippen LogP contribution in [0.5, 0.6) is 0 Å². The van der Waals surface area contributed by atoms with Crippen molar-refractivity contribution >= 4 is 37.5 Å². The van der Waals surface area contributed by atoms with Crippen LogP contribution < -0.4 is 5.73 Å². The Kier molecular flexibility index (Phi) is 3.77. The van der Waals surface area contributed by atoms with Crippen molar-refractivity contribution in [1.29, 1.82) is 0 Å². The second-order valence-electron chi connectivity index (χ2n) is 4.67. The van der Waals surface area contributed by atoms with Gasteiger partial charge in [0.2, 0.25) is 0 Å². The fraction of sp³-hybridized carbons (Fsp3) is 0.0714. The Morgan fingerprint density at radius 2 is 1.76 bits per heavy atom. The number of nitrogens with zero attached hydrogens (tertiary/aromatic N) is 4. The largest absolute Gasteiger partial charge is 0.399 e. The Hall–Kier alpha value is -1.73. The van der Waals surface area contributed by atoms with Crippen LogP contribution in [-0.4, -0.2) is 20.2 Å². The molecule has 3 aromatic rings. The van der Waals surface area contributed by atoms with Crippen LogP contribution in [0.2, 0.25) is 0 Å². The van der Waals surface area contributed by atoms with E-state index in [1.54, 1.807) is 4.68 Å². The molecule has 0 unspecified atom stereocenters. The SMILES string of the molecule is Cc1cc(Br)cc(-n2nnnc2-c2cc(N)cc(Br)c2)c1. The number of nitrogen functional groups attached to an aromatic ring is 1. The first-order valence-corrected chi connectivity index (χ1v) is 7.74. The predicted molar refractivity (Wildman–Crippen MR) is 89.1 cm³/mol. The van der Waals surface area contributed by atoms with Crippen LogP contribution in [-0.2, 0) is 0 Å². The summed E-state index contributed by atoms with van der Waals surface area (Å²) in [6, 6.07) is 11.6. The zero-order valence-corrected chi connectivity index (χ0v) is 14.3. The standard InChI is InChI=1S/C14H11Br2N5/c1-8-2-10(15)7-13(3-8)21-14(18-19-20-21)9-4-11(16)6-12(17)5-9/h2-7H,17H2,1H3. The number of aromatic nitrogens is 4. The molecule has 0 fully saturated rings. The number of benzene rings is 2. The van der Waals surface area contributed by atoms with Crippen molar-refractivity contribution in [3.63, 3.8) is 0 Å². The Bertz CT molecular complexity index is 706. The van der Waals surface area contributed by atoms with Crippen molar-refractivity contribution in [1.82, 2.24) is 20.2 Å². The van der Waals surface area contributed by atoms with E-state index in [4.69, 9.17) is 5.73 Å². The van der Waals surface area contributed by atoms with Gasteiger partial charge in [-0.3, -0.25) is 0 Å². The van der Waals surface area contributed by atoms with Gasteiger partial charge in [0, 0.05) is 20.2 Å². The van der Waals surface area contributed by atoms with Gasteiger partial charge in [-0.1, -0.05) is 31.9 Å². The Morgan fingerprint density at radius 1 is 1.00 bits per heavy atom. The molecule has 1 aromatic heterocycles. The van der Waals surface area contributed by atoms with E-state index in [0.717, 1.165) is 25.8 Å². The Morgan fingerprint density at radius 3 is 2.48 bits per heavy atom. The van der Waals surface area contributed by atoms with Gasteiger partial charge in [0.15, 0.2) is 5.82 Å². The molecule has 21 heavy (non-hydrogen) atoms. The van der Waals surface area contributed by atoms with Gasteiger partial charge in [0.1, 0.15) is 0 Å². The van der Waals surface area contributed by atoms with Gasteiger partial charge in [-0.2, -0.15) is 4.68 Å². The third-order valence-electron chi connectivity index (χ3n) is 2.92.